The lowest BCUT2D eigenvalue weighted by atomic mass is 9.97. The molecule has 1 aliphatic rings. The molecule has 1 aromatic carbocycles. The first kappa shape index (κ1) is 13.3. The van der Waals surface area contributed by atoms with Crippen LogP contribution in [-0.2, 0) is 14.8 Å². The van der Waals surface area contributed by atoms with Crippen LogP contribution in [0.2, 0.25) is 0 Å². The van der Waals surface area contributed by atoms with Crippen LogP contribution < -0.4 is 5.73 Å². The highest BCUT2D eigenvalue weighted by molar-refractivity contribution is 7.89. The van der Waals surface area contributed by atoms with Crippen LogP contribution in [0.1, 0.15) is 0 Å². The molecule has 1 saturated heterocycles. The molecule has 6 nitrogen and oxygen atoms in total. The fraction of sp³-hybridized carbons (Fsp3) is 0.400. The zero-order chi connectivity index (χ0) is 13.3. The van der Waals surface area contributed by atoms with Gasteiger partial charge in [-0.15, -0.1) is 0 Å². The minimum atomic E-state index is -3.85. The summed E-state index contributed by atoms with van der Waals surface area (Å²) in [5.41, 5.74) is 5.96. The molecule has 1 heterocycles. The molecule has 1 aromatic rings. The number of sulfonamides is 1. The summed E-state index contributed by atoms with van der Waals surface area (Å²) in [5, 5.41) is 9.71. The largest absolute Gasteiger partial charge is 0.399 e. The Hall–Kier alpha value is -1.09. The Morgan fingerprint density at radius 1 is 1.33 bits per heavy atom. The van der Waals surface area contributed by atoms with E-state index in [1.54, 1.807) is 0 Å². The van der Waals surface area contributed by atoms with E-state index in [1.165, 1.54) is 24.3 Å². The molecule has 2 radical (unpaired) electrons. The molecule has 0 unspecified atom stereocenters. The standard InChI is InChI=1S/C10H13BN2O4S/c11-9-5-17-6-10(14)13(9)18(15,16)8-3-1-7(12)2-4-8/h1-4,9-10,14H,5-6,12H2/t9-,10-/m1/s1. The van der Waals surface area contributed by atoms with Gasteiger partial charge in [0.25, 0.3) is 0 Å². The molecule has 0 aromatic heterocycles. The first-order valence-electron chi connectivity index (χ1n) is 5.33. The average molecular weight is 268 g/mol. The van der Waals surface area contributed by atoms with Crippen molar-refractivity contribution in [3.8, 4) is 0 Å². The van der Waals surface area contributed by atoms with Crippen molar-refractivity contribution < 1.29 is 18.3 Å². The second-order valence-electron chi connectivity index (χ2n) is 3.99. The zero-order valence-corrected chi connectivity index (χ0v) is 10.4. The first-order valence-corrected chi connectivity index (χ1v) is 6.77. The fourth-order valence-electron chi connectivity index (χ4n) is 1.76. The first-order chi connectivity index (χ1) is 8.43. The van der Waals surface area contributed by atoms with E-state index in [4.69, 9.17) is 18.3 Å². The zero-order valence-electron chi connectivity index (χ0n) is 9.56. The van der Waals surface area contributed by atoms with Gasteiger partial charge in [-0.05, 0) is 24.3 Å². The summed E-state index contributed by atoms with van der Waals surface area (Å²) in [6, 6.07) is 5.70. The highest BCUT2D eigenvalue weighted by atomic mass is 32.2. The number of anilines is 1. The van der Waals surface area contributed by atoms with E-state index in [0.717, 1.165) is 4.31 Å². The van der Waals surface area contributed by atoms with Gasteiger partial charge in [-0.3, -0.25) is 0 Å². The van der Waals surface area contributed by atoms with E-state index in [-0.39, 0.29) is 18.1 Å². The summed E-state index contributed by atoms with van der Waals surface area (Å²) in [7, 11) is 1.81. The van der Waals surface area contributed by atoms with Crippen LogP contribution in [0.3, 0.4) is 0 Å². The van der Waals surface area contributed by atoms with Crippen LogP contribution in [0.15, 0.2) is 29.2 Å². The van der Waals surface area contributed by atoms with Crippen molar-refractivity contribution in [3.63, 3.8) is 0 Å². The summed E-state index contributed by atoms with van der Waals surface area (Å²) in [4.78, 5) is 0.0353. The van der Waals surface area contributed by atoms with Crippen LogP contribution >= 0.6 is 0 Å². The summed E-state index contributed by atoms with van der Waals surface area (Å²) >= 11 is 0. The average Bonchev–Trinajstić information content (AvgIpc) is 2.29. The quantitative estimate of drug-likeness (QED) is 0.535. The second kappa shape index (κ2) is 4.89. The van der Waals surface area contributed by atoms with E-state index in [0.29, 0.717) is 5.69 Å². The van der Waals surface area contributed by atoms with Gasteiger partial charge < -0.3 is 15.6 Å². The van der Waals surface area contributed by atoms with Crippen molar-refractivity contribution in [2.45, 2.75) is 17.1 Å². The predicted molar refractivity (Wildman–Crippen MR) is 66.2 cm³/mol. The van der Waals surface area contributed by atoms with Crippen LogP contribution in [0.4, 0.5) is 5.69 Å². The molecule has 1 fully saturated rings. The second-order valence-corrected chi connectivity index (χ2v) is 5.83. The van der Waals surface area contributed by atoms with Crippen molar-refractivity contribution >= 4 is 23.6 Å². The monoisotopic (exact) mass is 268 g/mol. The minimum absolute atomic E-state index is 0.0353. The molecule has 8 heteroatoms. The third-order valence-electron chi connectivity index (χ3n) is 2.63. The Labute approximate surface area is 107 Å². The Kier molecular flexibility index (Phi) is 3.62. The van der Waals surface area contributed by atoms with Crippen molar-refractivity contribution in [2.24, 2.45) is 0 Å². The third-order valence-corrected chi connectivity index (χ3v) is 4.57. The lowest BCUT2D eigenvalue weighted by molar-refractivity contribution is -0.0765. The molecule has 3 N–H and O–H groups in total. The molecule has 1 aliphatic heterocycles. The molecular weight excluding hydrogens is 255 g/mol. The number of morpholine rings is 1. The maximum absolute atomic E-state index is 12.3. The molecule has 2 rings (SSSR count). The van der Waals surface area contributed by atoms with Gasteiger partial charge in [-0.1, -0.05) is 0 Å². The van der Waals surface area contributed by atoms with Crippen molar-refractivity contribution in [1.82, 2.24) is 4.31 Å². The van der Waals surface area contributed by atoms with E-state index in [9.17, 15) is 13.5 Å². The van der Waals surface area contributed by atoms with E-state index >= 15 is 0 Å². The lowest BCUT2D eigenvalue weighted by Crippen LogP contribution is -2.55. The SMILES string of the molecule is [B][C@H]1COC[C@@H](O)N1S(=O)(=O)c1ccc(N)cc1. The normalized spacial score (nSPS) is 26.1. The van der Waals surface area contributed by atoms with Crippen molar-refractivity contribution in [2.75, 3.05) is 18.9 Å². The molecule has 96 valence electrons. The predicted octanol–water partition coefficient (Wildman–Crippen LogP) is -0.897. The number of ether oxygens (including phenoxy) is 1. The number of nitrogens with two attached hydrogens (primary N) is 1. The smallest absolute Gasteiger partial charge is 0.244 e. The highest BCUT2D eigenvalue weighted by Crippen LogP contribution is 2.22. The molecule has 0 amide bonds. The Morgan fingerprint density at radius 3 is 2.50 bits per heavy atom. The third kappa shape index (κ3) is 2.37. The van der Waals surface area contributed by atoms with E-state index in [2.05, 4.69) is 0 Å². The number of hydrogen-bond acceptors (Lipinski definition) is 5. The van der Waals surface area contributed by atoms with Crippen LogP contribution in [-0.4, -0.2) is 51.1 Å². The topological polar surface area (TPSA) is 92.9 Å². The minimum Gasteiger partial charge on any atom is -0.399 e. The van der Waals surface area contributed by atoms with Gasteiger partial charge in [0.05, 0.1) is 26.0 Å². The van der Waals surface area contributed by atoms with Gasteiger partial charge in [0, 0.05) is 11.6 Å². The maximum Gasteiger partial charge on any atom is 0.244 e. The van der Waals surface area contributed by atoms with E-state index < -0.39 is 22.2 Å². The van der Waals surface area contributed by atoms with Crippen LogP contribution in [0.25, 0.3) is 0 Å². The van der Waals surface area contributed by atoms with Gasteiger partial charge in [0.1, 0.15) is 6.23 Å². The molecular formula is C10H13BN2O4S. The van der Waals surface area contributed by atoms with Gasteiger partial charge >= 0.3 is 0 Å². The number of rotatable bonds is 2. The van der Waals surface area contributed by atoms with Gasteiger partial charge in [-0.25, -0.2) is 8.42 Å². The summed E-state index contributed by atoms with van der Waals surface area (Å²) < 4.78 is 30.4. The van der Waals surface area contributed by atoms with Gasteiger partial charge in [-0.2, -0.15) is 4.31 Å². The summed E-state index contributed by atoms with van der Waals surface area (Å²) in [6.07, 6.45) is -1.28. The summed E-state index contributed by atoms with van der Waals surface area (Å²) in [6.45, 7) is -0.0484. The number of benzene rings is 1. The van der Waals surface area contributed by atoms with Gasteiger partial charge in [0.2, 0.25) is 10.0 Å². The fourth-order valence-corrected chi connectivity index (χ4v) is 3.28. The Bertz CT molecular complexity index is 509. The molecule has 0 aliphatic carbocycles. The van der Waals surface area contributed by atoms with Crippen LogP contribution in [0, 0.1) is 0 Å². The number of nitrogens with zero attached hydrogens (tertiary/aromatic N) is 1. The number of aliphatic hydroxyl groups is 1. The van der Waals surface area contributed by atoms with E-state index in [1.807, 2.05) is 0 Å². The molecule has 0 saturated carbocycles. The number of hydrogen-bond donors (Lipinski definition) is 2. The van der Waals surface area contributed by atoms with Gasteiger partial charge in [0.15, 0.2) is 0 Å². The van der Waals surface area contributed by atoms with Crippen LogP contribution in [0.5, 0.6) is 0 Å². The molecule has 2 atom stereocenters. The molecule has 0 bridgehead atoms. The highest BCUT2D eigenvalue weighted by Gasteiger charge is 2.37. The Morgan fingerprint density at radius 2 is 1.94 bits per heavy atom. The maximum atomic E-state index is 12.3. The summed E-state index contributed by atoms with van der Waals surface area (Å²) in [5.74, 6) is -0.906. The van der Waals surface area contributed by atoms with Crippen molar-refractivity contribution in [3.05, 3.63) is 24.3 Å². The Balaban J connectivity index is 2.38. The lowest BCUT2D eigenvalue weighted by Gasteiger charge is -2.36. The van der Waals surface area contributed by atoms with Crippen molar-refractivity contribution in [1.29, 1.82) is 0 Å². The number of nitrogen functional groups attached to an aromatic ring is 1. The number of aliphatic hydroxyl groups excluding tert-OH is 1. The molecule has 0 spiro atoms. The molecule has 18 heavy (non-hydrogen) atoms.